The van der Waals surface area contributed by atoms with Gasteiger partial charge in [-0.05, 0) is 37.6 Å². The van der Waals surface area contributed by atoms with Crippen LogP contribution in [-0.2, 0) is 4.79 Å². The number of fused-ring (bicyclic) bond motifs is 1. The lowest BCUT2D eigenvalue weighted by Gasteiger charge is -2.09. The zero-order chi connectivity index (χ0) is 19.7. The van der Waals surface area contributed by atoms with Gasteiger partial charge < -0.3 is 4.57 Å². The summed E-state index contributed by atoms with van der Waals surface area (Å²) in [5.74, 6) is -0.225. The zero-order valence-electron chi connectivity index (χ0n) is 15.5. The largest absolute Gasteiger partial charge is 0.300 e. The number of carbonyl (C=O) groups excluding carboxylic acids is 1. The zero-order valence-corrected chi connectivity index (χ0v) is 16.3. The van der Waals surface area contributed by atoms with Gasteiger partial charge in [-0.1, -0.05) is 48.2 Å². The summed E-state index contributed by atoms with van der Waals surface area (Å²) in [7, 11) is 0. The van der Waals surface area contributed by atoms with E-state index in [0.29, 0.717) is 11.3 Å². The van der Waals surface area contributed by atoms with Crippen LogP contribution >= 0.6 is 11.8 Å². The maximum atomic E-state index is 13.8. The molecular weight excluding hydrogens is 373 g/mol. The highest BCUT2D eigenvalue weighted by atomic mass is 32.2. The summed E-state index contributed by atoms with van der Waals surface area (Å²) in [6.07, 6.45) is 3.44. The molecule has 0 aliphatic heterocycles. The SMILES string of the molecule is CC(=O)C(C)Sc1ncnc2c1c(-c1ccccc1)cn2-c1cccc(F)c1. The smallest absolute Gasteiger partial charge is 0.149 e. The number of hydrogen-bond acceptors (Lipinski definition) is 4. The van der Waals surface area contributed by atoms with E-state index < -0.39 is 0 Å². The number of nitrogens with zero attached hydrogens (tertiary/aromatic N) is 3. The van der Waals surface area contributed by atoms with Gasteiger partial charge in [0, 0.05) is 17.4 Å². The topological polar surface area (TPSA) is 47.8 Å². The van der Waals surface area contributed by atoms with Crippen molar-refractivity contribution in [2.45, 2.75) is 24.1 Å². The third-order valence-electron chi connectivity index (χ3n) is 4.58. The van der Waals surface area contributed by atoms with E-state index in [-0.39, 0.29) is 16.9 Å². The molecule has 0 radical (unpaired) electrons. The molecule has 0 amide bonds. The molecule has 1 unspecified atom stereocenters. The van der Waals surface area contributed by atoms with Crippen molar-refractivity contribution < 1.29 is 9.18 Å². The van der Waals surface area contributed by atoms with Crippen molar-refractivity contribution in [3.05, 3.63) is 72.9 Å². The number of carbonyl (C=O) groups is 1. The monoisotopic (exact) mass is 391 g/mol. The van der Waals surface area contributed by atoms with E-state index in [9.17, 15) is 9.18 Å². The van der Waals surface area contributed by atoms with Gasteiger partial charge in [-0.2, -0.15) is 0 Å². The van der Waals surface area contributed by atoms with Gasteiger partial charge in [-0.3, -0.25) is 4.79 Å². The Kier molecular flexibility index (Phi) is 4.96. The second-order valence-electron chi connectivity index (χ2n) is 6.51. The van der Waals surface area contributed by atoms with Crippen molar-refractivity contribution in [2.75, 3.05) is 0 Å². The van der Waals surface area contributed by atoms with E-state index in [0.717, 1.165) is 21.5 Å². The molecule has 2 heterocycles. The van der Waals surface area contributed by atoms with Crippen LogP contribution in [-0.4, -0.2) is 25.6 Å². The van der Waals surface area contributed by atoms with Crippen molar-refractivity contribution in [1.82, 2.24) is 14.5 Å². The number of thioether (sulfide) groups is 1. The van der Waals surface area contributed by atoms with E-state index in [4.69, 9.17) is 0 Å². The Balaban J connectivity index is 1.99. The highest BCUT2D eigenvalue weighted by molar-refractivity contribution is 8.00. The van der Waals surface area contributed by atoms with Gasteiger partial charge in [0.2, 0.25) is 0 Å². The van der Waals surface area contributed by atoms with Crippen molar-refractivity contribution in [3.8, 4) is 16.8 Å². The molecule has 0 saturated carbocycles. The van der Waals surface area contributed by atoms with Gasteiger partial charge in [0.25, 0.3) is 0 Å². The standard InChI is InChI=1S/C22H18FN3OS/c1-14(27)15(2)28-22-20-19(16-7-4-3-5-8-16)12-26(21(20)24-13-25-22)18-10-6-9-17(23)11-18/h3-13,15H,1-2H3. The average Bonchev–Trinajstić information content (AvgIpc) is 3.09. The average molecular weight is 391 g/mol. The minimum absolute atomic E-state index is 0.0857. The summed E-state index contributed by atoms with van der Waals surface area (Å²) in [6, 6.07) is 16.3. The van der Waals surface area contributed by atoms with Gasteiger partial charge in [0.1, 0.15) is 28.6 Å². The van der Waals surface area contributed by atoms with Crippen LogP contribution in [0.2, 0.25) is 0 Å². The van der Waals surface area contributed by atoms with Gasteiger partial charge in [-0.15, -0.1) is 0 Å². The van der Waals surface area contributed by atoms with E-state index in [1.54, 1.807) is 13.0 Å². The molecule has 0 bridgehead atoms. The molecule has 0 aliphatic carbocycles. The molecule has 0 aliphatic rings. The Morgan fingerprint density at radius 3 is 2.61 bits per heavy atom. The lowest BCUT2D eigenvalue weighted by atomic mass is 10.1. The number of benzene rings is 2. The Morgan fingerprint density at radius 2 is 1.89 bits per heavy atom. The molecule has 0 spiro atoms. The van der Waals surface area contributed by atoms with Crippen LogP contribution < -0.4 is 0 Å². The first kappa shape index (κ1) is 18.4. The lowest BCUT2D eigenvalue weighted by Crippen LogP contribution is -2.08. The quantitative estimate of drug-likeness (QED) is 0.342. The Bertz CT molecular complexity index is 1160. The minimum atomic E-state index is -0.311. The molecular formula is C22H18FN3OS. The van der Waals surface area contributed by atoms with Gasteiger partial charge in [0.05, 0.1) is 10.6 Å². The first-order chi connectivity index (χ1) is 13.5. The summed E-state index contributed by atoms with van der Waals surface area (Å²) in [6.45, 7) is 3.44. The van der Waals surface area contributed by atoms with E-state index in [2.05, 4.69) is 9.97 Å². The second kappa shape index (κ2) is 7.56. The molecule has 2 aromatic carbocycles. The second-order valence-corrected chi connectivity index (χ2v) is 7.84. The molecule has 4 rings (SSSR count). The predicted molar refractivity (Wildman–Crippen MR) is 110 cm³/mol. The third kappa shape index (κ3) is 3.43. The molecule has 0 saturated heterocycles. The number of hydrogen-bond donors (Lipinski definition) is 0. The normalized spacial score (nSPS) is 12.2. The van der Waals surface area contributed by atoms with E-state index in [1.807, 2.05) is 54.1 Å². The Labute approximate surface area is 166 Å². The van der Waals surface area contributed by atoms with Crippen LogP contribution in [0.4, 0.5) is 4.39 Å². The lowest BCUT2D eigenvalue weighted by molar-refractivity contribution is -0.116. The highest BCUT2D eigenvalue weighted by Crippen LogP contribution is 2.38. The highest BCUT2D eigenvalue weighted by Gasteiger charge is 2.20. The first-order valence-electron chi connectivity index (χ1n) is 8.89. The summed E-state index contributed by atoms with van der Waals surface area (Å²) < 4.78 is 15.7. The molecule has 28 heavy (non-hydrogen) atoms. The fourth-order valence-electron chi connectivity index (χ4n) is 3.03. The number of ketones is 1. The van der Waals surface area contributed by atoms with E-state index in [1.165, 1.54) is 30.2 Å². The van der Waals surface area contributed by atoms with Gasteiger partial charge >= 0.3 is 0 Å². The van der Waals surface area contributed by atoms with Crippen molar-refractivity contribution in [2.24, 2.45) is 0 Å². The van der Waals surface area contributed by atoms with Crippen LogP contribution in [0.1, 0.15) is 13.8 Å². The summed E-state index contributed by atoms with van der Waals surface area (Å²) in [5.41, 5.74) is 3.31. The molecule has 140 valence electrons. The minimum Gasteiger partial charge on any atom is -0.300 e. The fraction of sp³-hybridized carbons (Fsp3) is 0.136. The molecule has 0 N–H and O–H groups in total. The summed E-state index contributed by atoms with van der Waals surface area (Å²) in [4.78, 5) is 20.7. The molecule has 2 aromatic heterocycles. The maximum absolute atomic E-state index is 13.8. The Hall–Kier alpha value is -2.99. The van der Waals surface area contributed by atoms with Crippen molar-refractivity contribution in [3.63, 3.8) is 0 Å². The predicted octanol–water partition coefficient (Wildman–Crippen LogP) is 5.30. The summed E-state index contributed by atoms with van der Waals surface area (Å²) >= 11 is 1.41. The molecule has 0 fully saturated rings. The first-order valence-corrected chi connectivity index (χ1v) is 9.77. The van der Waals surface area contributed by atoms with E-state index >= 15 is 0 Å². The van der Waals surface area contributed by atoms with Crippen molar-refractivity contribution in [1.29, 1.82) is 0 Å². The van der Waals surface area contributed by atoms with Crippen LogP contribution in [0, 0.1) is 5.82 Å². The van der Waals surface area contributed by atoms with Crippen LogP contribution in [0.3, 0.4) is 0 Å². The fourth-order valence-corrected chi connectivity index (χ4v) is 3.96. The maximum Gasteiger partial charge on any atom is 0.149 e. The molecule has 1 atom stereocenters. The Morgan fingerprint density at radius 1 is 1.11 bits per heavy atom. The van der Waals surface area contributed by atoms with Crippen LogP contribution in [0.15, 0.2) is 72.1 Å². The van der Waals surface area contributed by atoms with Gasteiger partial charge in [0.15, 0.2) is 0 Å². The molecule has 4 nitrogen and oxygen atoms in total. The third-order valence-corrected chi connectivity index (χ3v) is 5.80. The summed E-state index contributed by atoms with van der Waals surface area (Å²) in [5, 5.41) is 1.37. The van der Waals surface area contributed by atoms with Crippen LogP contribution in [0.5, 0.6) is 0 Å². The number of aromatic nitrogens is 3. The van der Waals surface area contributed by atoms with Crippen LogP contribution in [0.25, 0.3) is 27.8 Å². The molecule has 6 heteroatoms. The number of rotatable bonds is 5. The number of halogens is 1. The molecule has 4 aromatic rings. The number of Topliss-reactive ketones (excluding diaryl/α,β-unsaturated/α-hetero) is 1. The van der Waals surface area contributed by atoms with Gasteiger partial charge in [-0.25, -0.2) is 14.4 Å². The van der Waals surface area contributed by atoms with Crippen molar-refractivity contribution >= 4 is 28.6 Å².